The molecule has 8 nitrogen and oxygen atoms in total. The van der Waals surface area contributed by atoms with E-state index in [9.17, 15) is 19.5 Å². The molecule has 1 atom stereocenters. The van der Waals surface area contributed by atoms with Crippen LogP contribution < -0.4 is 10.6 Å². The van der Waals surface area contributed by atoms with Crippen LogP contribution in [0.4, 0.5) is 9.59 Å². The summed E-state index contributed by atoms with van der Waals surface area (Å²) < 4.78 is 10.4. The molecule has 0 aliphatic heterocycles. The zero-order chi connectivity index (χ0) is 22.6. The second-order valence-corrected chi connectivity index (χ2v) is 8.24. The van der Waals surface area contributed by atoms with Crippen molar-refractivity contribution in [2.75, 3.05) is 13.2 Å². The Morgan fingerprint density at radius 2 is 1.52 bits per heavy atom. The maximum atomic E-state index is 12.2. The molecule has 0 saturated heterocycles. The van der Waals surface area contributed by atoms with Crippen molar-refractivity contribution < 1.29 is 29.0 Å². The van der Waals surface area contributed by atoms with E-state index in [-0.39, 0.29) is 19.1 Å². The van der Waals surface area contributed by atoms with Crippen LogP contribution in [-0.2, 0) is 14.3 Å². The van der Waals surface area contributed by atoms with E-state index in [1.54, 1.807) is 20.8 Å². The van der Waals surface area contributed by atoms with E-state index in [0.29, 0.717) is 0 Å². The Balaban J connectivity index is 1.56. The first-order chi connectivity index (χ1) is 14.7. The predicted octanol–water partition coefficient (Wildman–Crippen LogP) is 3.50. The Bertz CT molecular complexity index is 937. The fourth-order valence-corrected chi connectivity index (χ4v) is 3.48. The zero-order valence-corrected chi connectivity index (χ0v) is 17.7. The summed E-state index contributed by atoms with van der Waals surface area (Å²) >= 11 is 0. The number of rotatable bonds is 6. The molecular weight excluding hydrogens is 400 g/mol. The van der Waals surface area contributed by atoms with Gasteiger partial charge in [0.05, 0.1) is 6.54 Å². The molecule has 2 amide bonds. The fourth-order valence-electron chi connectivity index (χ4n) is 3.48. The van der Waals surface area contributed by atoms with Crippen LogP contribution >= 0.6 is 0 Å². The van der Waals surface area contributed by atoms with E-state index in [0.717, 1.165) is 22.3 Å². The molecule has 2 aromatic rings. The quantitative estimate of drug-likeness (QED) is 0.651. The van der Waals surface area contributed by atoms with Crippen LogP contribution in [0.3, 0.4) is 0 Å². The Hall–Kier alpha value is -3.55. The number of hydrogen-bond acceptors (Lipinski definition) is 5. The van der Waals surface area contributed by atoms with Crippen molar-refractivity contribution in [3.63, 3.8) is 0 Å². The van der Waals surface area contributed by atoms with Gasteiger partial charge in [-0.1, -0.05) is 48.5 Å². The van der Waals surface area contributed by atoms with Crippen LogP contribution in [-0.4, -0.2) is 48.1 Å². The molecule has 1 unspecified atom stereocenters. The number of amides is 2. The number of carboxylic acids is 1. The van der Waals surface area contributed by atoms with Gasteiger partial charge in [-0.05, 0) is 43.0 Å². The van der Waals surface area contributed by atoms with E-state index in [4.69, 9.17) is 9.47 Å². The molecule has 0 spiro atoms. The standard InChI is InChI=1S/C23H26N2O6/c1-23(2,3)31-22(29)25-19(20(26)27)12-24-21(28)30-13-18-16-10-6-4-8-14(16)15-9-5-7-11-17(15)18/h4-11,18-19H,12-13H2,1-3H3,(H,24,28)(H,25,29)(H,26,27). The first-order valence-electron chi connectivity index (χ1n) is 9.97. The number of carbonyl (C=O) groups excluding carboxylic acids is 2. The molecule has 3 N–H and O–H groups in total. The SMILES string of the molecule is CC(C)(C)OC(=O)NC(CNC(=O)OCC1c2ccccc2-c2ccccc21)C(=O)O. The molecule has 0 radical (unpaired) electrons. The molecule has 3 rings (SSSR count). The van der Waals surface area contributed by atoms with Crippen molar-refractivity contribution in [3.8, 4) is 11.1 Å². The van der Waals surface area contributed by atoms with Crippen molar-refractivity contribution in [1.29, 1.82) is 0 Å². The van der Waals surface area contributed by atoms with Crippen LogP contribution in [0.1, 0.15) is 37.8 Å². The van der Waals surface area contributed by atoms with E-state index >= 15 is 0 Å². The first-order valence-corrected chi connectivity index (χ1v) is 9.97. The molecule has 0 bridgehead atoms. The third kappa shape index (κ3) is 5.53. The van der Waals surface area contributed by atoms with Gasteiger partial charge in [0.1, 0.15) is 18.2 Å². The van der Waals surface area contributed by atoms with Crippen LogP contribution in [0.2, 0.25) is 0 Å². The molecule has 0 aromatic heterocycles. The zero-order valence-electron chi connectivity index (χ0n) is 17.7. The normalized spacial score (nSPS) is 13.5. The van der Waals surface area contributed by atoms with Crippen LogP contribution in [0.5, 0.6) is 0 Å². The summed E-state index contributed by atoms with van der Waals surface area (Å²) in [6.45, 7) is 4.76. The number of carbonyl (C=O) groups is 3. The molecule has 2 aromatic carbocycles. The lowest BCUT2D eigenvalue weighted by Crippen LogP contribution is -2.49. The number of nitrogens with one attached hydrogen (secondary N) is 2. The lowest BCUT2D eigenvalue weighted by Gasteiger charge is -2.22. The molecule has 1 aliphatic rings. The minimum atomic E-state index is -1.35. The van der Waals surface area contributed by atoms with Gasteiger partial charge >= 0.3 is 18.2 Å². The number of benzene rings is 2. The predicted molar refractivity (Wildman–Crippen MR) is 114 cm³/mol. The van der Waals surface area contributed by atoms with Gasteiger partial charge < -0.3 is 25.2 Å². The molecule has 0 saturated carbocycles. The second-order valence-electron chi connectivity index (χ2n) is 8.24. The molecule has 0 heterocycles. The van der Waals surface area contributed by atoms with Crippen LogP contribution in [0, 0.1) is 0 Å². The third-order valence-corrected chi connectivity index (χ3v) is 4.78. The lowest BCUT2D eigenvalue weighted by atomic mass is 9.98. The second kappa shape index (κ2) is 9.07. The van der Waals surface area contributed by atoms with Gasteiger partial charge in [-0.25, -0.2) is 14.4 Å². The fraction of sp³-hybridized carbons (Fsp3) is 0.348. The molecule has 0 fully saturated rings. The largest absolute Gasteiger partial charge is 0.480 e. The average Bonchev–Trinajstić information content (AvgIpc) is 3.02. The summed E-state index contributed by atoms with van der Waals surface area (Å²) in [4.78, 5) is 35.4. The van der Waals surface area contributed by atoms with Gasteiger partial charge in [0.25, 0.3) is 0 Å². The summed E-state index contributed by atoms with van der Waals surface area (Å²) in [5.41, 5.74) is 3.60. The van der Waals surface area contributed by atoms with Crippen LogP contribution in [0.15, 0.2) is 48.5 Å². The summed E-state index contributed by atoms with van der Waals surface area (Å²) in [5, 5.41) is 13.9. The van der Waals surface area contributed by atoms with Gasteiger partial charge in [-0.15, -0.1) is 0 Å². The number of ether oxygens (including phenoxy) is 2. The Kier molecular flexibility index (Phi) is 6.48. The number of hydrogen-bond donors (Lipinski definition) is 3. The summed E-state index contributed by atoms with van der Waals surface area (Å²) in [5.74, 6) is -1.40. The molecular formula is C23H26N2O6. The number of carboxylic acid groups (broad SMARTS) is 1. The minimum Gasteiger partial charge on any atom is -0.480 e. The Morgan fingerprint density at radius 1 is 0.968 bits per heavy atom. The topological polar surface area (TPSA) is 114 Å². The lowest BCUT2D eigenvalue weighted by molar-refractivity contribution is -0.139. The van der Waals surface area contributed by atoms with Gasteiger partial charge in [0.2, 0.25) is 0 Å². The van der Waals surface area contributed by atoms with Crippen molar-refractivity contribution in [3.05, 3.63) is 59.7 Å². The van der Waals surface area contributed by atoms with E-state index in [1.165, 1.54) is 0 Å². The third-order valence-electron chi connectivity index (χ3n) is 4.78. The van der Waals surface area contributed by atoms with E-state index in [2.05, 4.69) is 10.6 Å². The van der Waals surface area contributed by atoms with Gasteiger partial charge in [-0.3, -0.25) is 0 Å². The van der Waals surface area contributed by atoms with Crippen LogP contribution in [0.25, 0.3) is 11.1 Å². The Labute approximate surface area is 180 Å². The van der Waals surface area contributed by atoms with E-state index in [1.807, 2.05) is 48.5 Å². The summed E-state index contributed by atoms with van der Waals surface area (Å²) in [6, 6.07) is 14.6. The molecule has 31 heavy (non-hydrogen) atoms. The maximum absolute atomic E-state index is 12.2. The van der Waals surface area contributed by atoms with Crippen molar-refractivity contribution in [2.45, 2.75) is 38.3 Å². The number of alkyl carbamates (subject to hydrolysis) is 2. The van der Waals surface area contributed by atoms with Gasteiger partial charge in [-0.2, -0.15) is 0 Å². The number of fused-ring (bicyclic) bond motifs is 3. The first kappa shape index (κ1) is 22.1. The highest BCUT2D eigenvalue weighted by molar-refractivity contribution is 5.81. The highest BCUT2D eigenvalue weighted by atomic mass is 16.6. The van der Waals surface area contributed by atoms with Crippen molar-refractivity contribution >= 4 is 18.2 Å². The summed E-state index contributed by atoms with van der Waals surface area (Å²) in [6.07, 6.45) is -1.65. The highest BCUT2D eigenvalue weighted by Crippen LogP contribution is 2.44. The molecule has 164 valence electrons. The highest BCUT2D eigenvalue weighted by Gasteiger charge is 2.29. The maximum Gasteiger partial charge on any atom is 0.408 e. The average molecular weight is 426 g/mol. The van der Waals surface area contributed by atoms with Gasteiger partial charge in [0, 0.05) is 5.92 Å². The smallest absolute Gasteiger partial charge is 0.408 e. The molecule has 8 heteroatoms. The van der Waals surface area contributed by atoms with E-state index < -0.39 is 29.8 Å². The Morgan fingerprint density at radius 3 is 2.03 bits per heavy atom. The monoisotopic (exact) mass is 426 g/mol. The molecule has 1 aliphatic carbocycles. The van der Waals surface area contributed by atoms with Gasteiger partial charge in [0.15, 0.2) is 0 Å². The van der Waals surface area contributed by atoms with Crippen molar-refractivity contribution in [2.24, 2.45) is 0 Å². The minimum absolute atomic E-state index is 0.103. The number of aliphatic carboxylic acids is 1. The van der Waals surface area contributed by atoms with Crippen molar-refractivity contribution in [1.82, 2.24) is 10.6 Å². The summed E-state index contributed by atoms with van der Waals surface area (Å²) in [7, 11) is 0.